The lowest BCUT2D eigenvalue weighted by atomic mass is 9.98. The van der Waals surface area contributed by atoms with Gasteiger partial charge in [0.25, 0.3) is 0 Å². The second-order valence-corrected chi connectivity index (χ2v) is 7.81. The van der Waals surface area contributed by atoms with E-state index in [4.69, 9.17) is 4.74 Å². The maximum Gasteiger partial charge on any atom is 0.227 e. The molecule has 1 aliphatic rings. The predicted molar refractivity (Wildman–Crippen MR) is 114 cm³/mol. The Bertz CT molecular complexity index is 1040. The molecule has 0 spiro atoms. The number of aryl methyl sites for hydroxylation is 1. The highest BCUT2D eigenvalue weighted by Gasteiger charge is 2.28. The van der Waals surface area contributed by atoms with E-state index >= 15 is 0 Å². The van der Waals surface area contributed by atoms with Gasteiger partial charge in [0, 0.05) is 30.3 Å². The van der Waals surface area contributed by atoms with Gasteiger partial charge in [-0.15, -0.1) is 0 Å². The quantitative estimate of drug-likeness (QED) is 0.637. The number of amides is 1. The minimum absolute atomic E-state index is 0.121. The summed E-state index contributed by atoms with van der Waals surface area (Å²) in [6.45, 7) is 5.37. The molecule has 6 heteroatoms. The second-order valence-electron chi connectivity index (χ2n) is 7.81. The Hall–Kier alpha value is -3.15. The predicted octanol–water partition coefficient (Wildman–Crippen LogP) is 4.20. The number of carbonyl (C=O) groups is 1. The Morgan fingerprint density at radius 2 is 1.83 bits per heavy atom. The number of methoxy groups -OCH3 is 1. The van der Waals surface area contributed by atoms with E-state index in [1.165, 1.54) is 17.7 Å². The van der Waals surface area contributed by atoms with Crippen molar-refractivity contribution in [3.05, 3.63) is 76.9 Å². The third-order valence-electron chi connectivity index (χ3n) is 5.97. The molecule has 2 heterocycles. The highest BCUT2D eigenvalue weighted by molar-refractivity contribution is 5.79. The number of halogens is 1. The molecule has 1 saturated heterocycles. The van der Waals surface area contributed by atoms with Gasteiger partial charge < -0.3 is 9.64 Å². The Kier molecular flexibility index (Phi) is 5.57. The van der Waals surface area contributed by atoms with Crippen LogP contribution in [0.3, 0.4) is 0 Å². The zero-order valence-corrected chi connectivity index (χ0v) is 17.6. The average molecular weight is 407 g/mol. The number of nitrogens with zero attached hydrogens (tertiary/aromatic N) is 3. The van der Waals surface area contributed by atoms with Crippen LogP contribution in [0.2, 0.25) is 0 Å². The summed E-state index contributed by atoms with van der Waals surface area (Å²) in [5.41, 5.74) is 4.71. The van der Waals surface area contributed by atoms with Crippen LogP contribution in [-0.4, -0.2) is 40.8 Å². The summed E-state index contributed by atoms with van der Waals surface area (Å²) in [4.78, 5) is 15.0. The lowest BCUT2D eigenvalue weighted by Crippen LogP contribution is -2.30. The molecule has 1 atom stereocenters. The molecule has 2 aromatic carbocycles. The molecule has 0 N–H and O–H groups in total. The van der Waals surface area contributed by atoms with Gasteiger partial charge in [0.1, 0.15) is 11.6 Å². The van der Waals surface area contributed by atoms with Crippen LogP contribution in [0.4, 0.5) is 4.39 Å². The van der Waals surface area contributed by atoms with Gasteiger partial charge in [-0.25, -0.2) is 9.07 Å². The highest BCUT2D eigenvalue weighted by Crippen LogP contribution is 2.29. The molecule has 4 rings (SSSR count). The van der Waals surface area contributed by atoms with Crippen LogP contribution >= 0.6 is 0 Å². The van der Waals surface area contributed by atoms with Crippen LogP contribution in [0.15, 0.2) is 48.5 Å². The highest BCUT2D eigenvalue weighted by atomic mass is 19.1. The summed E-state index contributed by atoms with van der Waals surface area (Å²) in [6, 6.07) is 14.3. The van der Waals surface area contributed by atoms with Gasteiger partial charge >= 0.3 is 0 Å². The van der Waals surface area contributed by atoms with Crippen molar-refractivity contribution in [2.75, 3.05) is 20.2 Å². The molecule has 0 aliphatic carbocycles. The molecular formula is C24H26FN3O2. The third kappa shape index (κ3) is 3.95. The fourth-order valence-corrected chi connectivity index (χ4v) is 4.16. The maximum absolute atomic E-state index is 13.2. The summed E-state index contributed by atoms with van der Waals surface area (Å²) < 4.78 is 20.2. The summed E-state index contributed by atoms with van der Waals surface area (Å²) in [6.07, 6.45) is 1.29. The van der Waals surface area contributed by atoms with E-state index in [2.05, 4.69) is 17.2 Å². The number of hydrogen-bond acceptors (Lipinski definition) is 3. The fraction of sp³-hybridized carbons (Fsp3) is 0.333. The fourth-order valence-electron chi connectivity index (χ4n) is 4.16. The van der Waals surface area contributed by atoms with Crippen LogP contribution in [0.5, 0.6) is 5.75 Å². The number of benzene rings is 2. The van der Waals surface area contributed by atoms with E-state index in [9.17, 15) is 9.18 Å². The molecule has 1 unspecified atom stereocenters. The summed E-state index contributed by atoms with van der Waals surface area (Å²) in [5.74, 6) is 1.03. The number of aromatic nitrogens is 2. The minimum atomic E-state index is -0.281. The molecule has 0 saturated carbocycles. The SMILES string of the molecule is COc1ccc(C2CCN(C(=O)Cc3c(C)nn(-c4ccc(F)cc4)c3C)C2)cc1. The maximum atomic E-state index is 13.2. The minimum Gasteiger partial charge on any atom is -0.497 e. The summed E-state index contributed by atoms with van der Waals surface area (Å²) >= 11 is 0. The van der Waals surface area contributed by atoms with Crippen molar-refractivity contribution in [2.24, 2.45) is 0 Å². The number of hydrogen-bond donors (Lipinski definition) is 0. The lowest BCUT2D eigenvalue weighted by molar-refractivity contribution is -0.129. The van der Waals surface area contributed by atoms with Crippen molar-refractivity contribution >= 4 is 5.91 Å². The van der Waals surface area contributed by atoms with E-state index in [1.807, 2.05) is 30.9 Å². The normalized spacial score (nSPS) is 16.1. The van der Waals surface area contributed by atoms with Crippen LogP contribution in [0.25, 0.3) is 5.69 Å². The van der Waals surface area contributed by atoms with Crippen LogP contribution in [0.1, 0.15) is 34.9 Å². The van der Waals surface area contributed by atoms with Crippen molar-refractivity contribution in [2.45, 2.75) is 32.6 Å². The van der Waals surface area contributed by atoms with Gasteiger partial charge in [-0.05, 0) is 62.2 Å². The molecule has 156 valence electrons. The van der Waals surface area contributed by atoms with E-state index in [-0.39, 0.29) is 11.7 Å². The monoisotopic (exact) mass is 407 g/mol. The van der Waals surface area contributed by atoms with Gasteiger partial charge in [0.2, 0.25) is 5.91 Å². The third-order valence-corrected chi connectivity index (χ3v) is 5.97. The molecular weight excluding hydrogens is 381 g/mol. The Morgan fingerprint density at radius 3 is 2.50 bits per heavy atom. The van der Waals surface area contributed by atoms with Crippen molar-refractivity contribution in [3.63, 3.8) is 0 Å². The zero-order chi connectivity index (χ0) is 21.3. The molecule has 1 aliphatic heterocycles. The van der Waals surface area contributed by atoms with Gasteiger partial charge in [-0.2, -0.15) is 5.10 Å². The topological polar surface area (TPSA) is 47.4 Å². The average Bonchev–Trinajstić information content (AvgIpc) is 3.35. The Labute approximate surface area is 176 Å². The van der Waals surface area contributed by atoms with E-state index in [1.54, 1.807) is 23.9 Å². The first-order chi connectivity index (χ1) is 14.5. The van der Waals surface area contributed by atoms with Gasteiger partial charge in [-0.1, -0.05) is 12.1 Å². The second kappa shape index (κ2) is 8.30. The largest absolute Gasteiger partial charge is 0.497 e. The van der Waals surface area contributed by atoms with Crippen LogP contribution in [0, 0.1) is 19.7 Å². The molecule has 0 bridgehead atoms. The number of ether oxygens (including phenoxy) is 1. The molecule has 1 amide bonds. The van der Waals surface area contributed by atoms with Gasteiger partial charge in [0.05, 0.1) is 24.9 Å². The first-order valence-corrected chi connectivity index (χ1v) is 10.2. The van der Waals surface area contributed by atoms with Crippen LogP contribution in [-0.2, 0) is 11.2 Å². The summed E-state index contributed by atoms with van der Waals surface area (Å²) in [5, 5.41) is 4.58. The van der Waals surface area contributed by atoms with Crippen molar-refractivity contribution in [1.82, 2.24) is 14.7 Å². The van der Waals surface area contributed by atoms with E-state index in [0.29, 0.717) is 12.3 Å². The molecule has 30 heavy (non-hydrogen) atoms. The number of likely N-dealkylation sites (tertiary alicyclic amines) is 1. The standard InChI is InChI=1S/C24H26FN3O2/c1-16-23(17(2)28(26-16)21-8-6-20(25)7-9-21)14-24(29)27-13-12-19(15-27)18-4-10-22(30-3)11-5-18/h4-11,19H,12-15H2,1-3H3. The van der Waals surface area contributed by atoms with E-state index < -0.39 is 0 Å². The molecule has 3 aromatic rings. The summed E-state index contributed by atoms with van der Waals surface area (Å²) in [7, 11) is 1.66. The van der Waals surface area contributed by atoms with Crippen molar-refractivity contribution in [3.8, 4) is 11.4 Å². The van der Waals surface area contributed by atoms with Gasteiger partial charge in [-0.3, -0.25) is 4.79 Å². The first-order valence-electron chi connectivity index (χ1n) is 10.2. The number of carbonyl (C=O) groups excluding carboxylic acids is 1. The number of rotatable bonds is 5. The molecule has 0 radical (unpaired) electrons. The smallest absolute Gasteiger partial charge is 0.227 e. The van der Waals surface area contributed by atoms with Gasteiger partial charge in [0.15, 0.2) is 0 Å². The Morgan fingerprint density at radius 1 is 1.13 bits per heavy atom. The van der Waals surface area contributed by atoms with Crippen molar-refractivity contribution in [1.29, 1.82) is 0 Å². The molecule has 1 aromatic heterocycles. The van der Waals surface area contributed by atoms with Crippen molar-refractivity contribution < 1.29 is 13.9 Å². The Balaban J connectivity index is 1.46. The van der Waals surface area contributed by atoms with Crippen LogP contribution < -0.4 is 4.74 Å². The molecule has 1 fully saturated rings. The lowest BCUT2D eigenvalue weighted by Gasteiger charge is -2.17. The molecule has 5 nitrogen and oxygen atoms in total. The zero-order valence-electron chi connectivity index (χ0n) is 17.6. The first kappa shape index (κ1) is 20.1. The van der Waals surface area contributed by atoms with E-state index in [0.717, 1.165) is 47.9 Å².